The summed E-state index contributed by atoms with van der Waals surface area (Å²) in [6.07, 6.45) is 0. The van der Waals surface area contributed by atoms with Gasteiger partial charge in [0.05, 0.1) is 0 Å². The first-order chi connectivity index (χ1) is 23.8. The van der Waals surface area contributed by atoms with Crippen LogP contribution in [0.5, 0.6) is 0 Å². The minimum Gasteiger partial charge on any atom is -0.0616 e. The van der Waals surface area contributed by atoms with E-state index in [1.54, 1.807) is 0 Å². The predicted molar refractivity (Wildman–Crippen MR) is 208 cm³/mol. The van der Waals surface area contributed by atoms with E-state index in [-0.39, 0.29) is 0 Å². The molecule has 0 fully saturated rings. The van der Waals surface area contributed by atoms with Gasteiger partial charge in [-0.1, -0.05) is 158 Å². The highest BCUT2D eigenvalue weighted by atomic mass is 14.2. The fraction of sp³-hybridized carbons (Fsp3) is 0. The first-order valence-corrected chi connectivity index (χ1v) is 16.7. The lowest BCUT2D eigenvalue weighted by molar-refractivity contribution is 1.66. The summed E-state index contributed by atoms with van der Waals surface area (Å²) in [6, 6.07) is 67.3. The van der Waals surface area contributed by atoms with E-state index >= 15 is 0 Å². The minimum absolute atomic E-state index is 1.22. The highest BCUT2D eigenvalue weighted by Crippen LogP contribution is 2.48. The topological polar surface area (TPSA) is 0 Å². The van der Waals surface area contributed by atoms with Crippen molar-refractivity contribution in [3.05, 3.63) is 182 Å². The third-order valence-electron chi connectivity index (χ3n) is 10.2. The molecule has 0 amide bonds. The van der Waals surface area contributed by atoms with Gasteiger partial charge in [-0.15, -0.1) is 0 Å². The second kappa shape index (κ2) is 10.7. The van der Waals surface area contributed by atoms with Crippen LogP contribution in [-0.4, -0.2) is 0 Å². The van der Waals surface area contributed by atoms with Crippen LogP contribution < -0.4 is 0 Å². The van der Waals surface area contributed by atoms with Crippen LogP contribution in [0.25, 0.3) is 98.0 Å². The van der Waals surface area contributed by atoms with Crippen LogP contribution in [0, 0.1) is 0 Å². The Morgan fingerprint density at radius 3 is 1.25 bits per heavy atom. The summed E-state index contributed by atoms with van der Waals surface area (Å²) in [5, 5.41) is 15.2. The molecule has 0 aliphatic carbocycles. The van der Waals surface area contributed by atoms with E-state index in [9.17, 15) is 0 Å². The number of hydrogen-bond donors (Lipinski definition) is 0. The van der Waals surface area contributed by atoms with E-state index in [4.69, 9.17) is 0 Å². The van der Waals surface area contributed by atoms with Crippen molar-refractivity contribution < 1.29 is 0 Å². The maximum atomic E-state index is 2.44. The predicted octanol–water partition coefficient (Wildman–Crippen LogP) is 13.6. The molecule has 0 atom stereocenters. The molecule has 0 heterocycles. The SMILES string of the molecule is c1ccc2cc(-c3ccc4c(-c5ccc6ccccc6c5)c5ccc6ccccc6c5c(-c5ccc6ccccc6c5)c4c3)ccc2c1. The van der Waals surface area contributed by atoms with E-state index in [1.807, 2.05) is 0 Å². The van der Waals surface area contributed by atoms with Crippen LogP contribution in [0.3, 0.4) is 0 Å². The molecule has 0 bridgehead atoms. The molecule has 0 nitrogen and oxygen atoms in total. The van der Waals surface area contributed by atoms with Crippen molar-refractivity contribution in [3.63, 3.8) is 0 Å². The molecule has 0 unspecified atom stereocenters. The van der Waals surface area contributed by atoms with Crippen molar-refractivity contribution in [2.45, 2.75) is 0 Å². The first-order valence-electron chi connectivity index (χ1n) is 16.7. The molecule has 10 rings (SSSR count). The van der Waals surface area contributed by atoms with Gasteiger partial charge in [-0.25, -0.2) is 0 Å². The molecular formula is C48H30. The molecule has 0 spiro atoms. The third kappa shape index (κ3) is 4.24. The molecule has 0 aliphatic rings. The zero-order chi connectivity index (χ0) is 31.6. The van der Waals surface area contributed by atoms with Crippen LogP contribution in [0.15, 0.2) is 182 Å². The van der Waals surface area contributed by atoms with Gasteiger partial charge in [0, 0.05) is 0 Å². The number of rotatable bonds is 3. The molecule has 10 aromatic rings. The van der Waals surface area contributed by atoms with Crippen molar-refractivity contribution in [2.24, 2.45) is 0 Å². The van der Waals surface area contributed by atoms with E-state index in [0.717, 1.165) is 0 Å². The largest absolute Gasteiger partial charge is 0.0616 e. The highest BCUT2D eigenvalue weighted by molar-refractivity contribution is 6.28. The van der Waals surface area contributed by atoms with Gasteiger partial charge in [0.15, 0.2) is 0 Å². The number of hydrogen-bond acceptors (Lipinski definition) is 0. The van der Waals surface area contributed by atoms with Crippen molar-refractivity contribution in [1.29, 1.82) is 0 Å². The Labute approximate surface area is 279 Å². The van der Waals surface area contributed by atoms with Crippen LogP contribution in [0.2, 0.25) is 0 Å². The molecule has 48 heavy (non-hydrogen) atoms. The summed E-state index contributed by atoms with van der Waals surface area (Å²) < 4.78 is 0. The highest BCUT2D eigenvalue weighted by Gasteiger charge is 2.20. The smallest absolute Gasteiger partial charge is 0.00141 e. The lowest BCUT2D eigenvalue weighted by Crippen LogP contribution is -1.93. The summed E-state index contributed by atoms with van der Waals surface area (Å²) in [6.45, 7) is 0. The van der Waals surface area contributed by atoms with Crippen LogP contribution >= 0.6 is 0 Å². The van der Waals surface area contributed by atoms with E-state index in [0.29, 0.717) is 0 Å². The Bertz CT molecular complexity index is 2890. The molecular weight excluding hydrogens is 577 g/mol. The van der Waals surface area contributed by atoms with Crippen LogP contribution in [0.1, 0.15) is 0 Å². The fourth-order valence-corrected chi connectivity index (χ4v) is 7.85. The minimum atomic E-state index is 1.22. The summed E-state index contributed by atoms with van der Waals surface area (Å²) in [5.41, 5.74) is 7.49. The maximum Gasteiger partial charge on any atom is -0.00141 e. The first kappa shape index (κ1) is 26.9. The zero-order valence-electron chi connectivity index (χ0n) is 26.3. The van der Waals surface area contributed by atoms with E-state index < -0.39 is 0 Å². The van der Waals surface area contributed by atoms with Crippen molar-refractivity contribution in [2.75, 3.05) is 0 Å². The quantitative estimate of drug-likeness (QED) is 0.139. The van der Waals surface area contributed by atoms with Crippen molar-refractivity contribution >= 4 is 64.6 Å². The summed E-state index contributed by atoms with van der Waals surface area (Å²) >= 11 is 0. The van der Waals surface area contributed by atoms with E-state index in [1.165, 1.54) is 98.0 Å². The molecule has 222 valence electrons. The van der Waals surface area contributed by atoms with Gasteiger partial charge < -0.3 is 0 Å². The van der Waals surface area contributed by atoms with Gasteiger partial charge in [-0.05, 0) is 122 Å². The molecule has 0 radical (unpaired) electrons. The van der Waals surface area contributed by atoms with Gasteiger partial charge >= 0.3 is 0 Å². The van der Waals surface area contributed by atoms with Gasteiger partial charge in [-0.2, -0.15) is 0 Å². The zero-order valence-corrected chi connectivity index (χ0v) is 26.3. The molecule has 0 saturated carbocycles. The Morgan fingerprint density at radius 1 is 0.208 bits per heavy atom. The fourth-order valence-electron chi connectivity index (χ4n) is 7.85. The number of benzene rings is 10. The second-order valence-corrected chi connectivity index (χ2v) is 12.9. The average molecular weight is 607 g/mol. The Hall–Kier alpha value is -6.24. The molecule has 0 heteroatoms. The van der Waals surface area contributed by atoms with Gasteiger partial charge in [0.1, 0.15) is 0 Å². The lowest BCUT2D eigenvalue weighted by atomic mass is 9.82. The van der Waals surface area contributed by atoms with Gasteiger partial charge in [-0.3, -0.25) is 0 Å². The molecule has 0 saturated heterocycles. The molecule has 0 aromatic heterocycles. The normalized spacial score (nSPS) is 11.8. The molecule has 10 aromatic carbocycles. The van der Waals surface area contributed by atoms with Crippen molar-refractivity contribution in [3.8, 4) is 33.4 Å². The number of fused-ring (bicyclic) bond motifs is 7. The standard InChI is InChI=1S/C48H30/c1-4-13-35-27-38(20-17-31(35)9-1)39-24-25-43-45(30-39)47(41-22-19-33-11-3-6-15-37(33)29-41)48-42-16-8-7-12-34(42)23-26-44(48)46(43)40-21-18-32-10-2-5-14-36(32)28-40/h1-30H. The van der Waals surface area contributed by atoms with Crippen molar-refractivity contribution in [1.82, 2.24) is 0 Å². The summed E-state index contributed by atoms with van der Waals surface area (Å²) in [7, 11) is 0. The Morgan fingerprint density at radius 2 is 0.625 bits per heavy atom. The maximum absolute atomic E-state index is 2.44. The summed E-state index contributed by atoms with van der Waals surface area (Å²) in [5.74, 6) is 0. The Kier molecular flexibility index (Phi) is 5.98. The second-order valence-electron chi connectivity index (χ2n) is 12.9. The summed E-state index contributed by atoms with van der Waals surface area (Å²) in [4.78, 5) is 0. The lowest BCUT2D eigenvalue weighted by Gasteiger charge is -2.21. The average Bonchev–Trinajstić information content (AvgIpc) is 3.16. The molecule has 0 N–H and O–H groups in total. The monoisotopic (exact) mass is 606 g/mol. The van der Waals surface area contributed by atoms with Crippen LogP contribution in [-0.2, 0) is 0 Å². The van der Waals surface area contributed by atoms with Crippen LogP contribution in [0.4, 0.5) is 0 Å². The Balaban J connectivity index is 1.38. The third-order valence-corrected chi connectivity index (χ3v) is 10.2. The molecule has 0 aliphatic heterocycles. The van der Waals surface area contributed by atoms with Gasteiger partial charge in [0.25, 0.3) is 0 Å². The van der Waals surface area contributed by atoms with Gasteiger partial charge in [0.2, 0.25) is 0 Å². The van der Waals surface area contributed by atoms with E-state index in [2.05, 4.69) is 182 Å².